The minimum absolute atomic E-state index is 0.267. The van der Waals surface area contributed by atoms with Crippen molar-refractivity contribution in [2.24, 2.45) is 0 Å². The lowest BCUT2D eigenvalue weighted by atomic mass is 10.1. The van der Waals surface area contributed by atoms with Crippen LogP contribution >= 0.6 is 11.8 Å². The molecule has 0 aliphatic carbocycles. The van der Waals surface area contributed by atoms with E-state index >= 15 is 0 Å². The van der Waals surface area contributed by atoms with Gasteiger partial charge in [-0.05, 0) is 43.8 Å². The second kappa shape index (κ2) is 7.97. The van der Waals surface area contributed by atoms with E-state index in [1.807, 2.05) is 6.92 Å². The van der Waals surface area contributed by atoms with Gasteiger partial charge in [-0.15, -0.1) is 11.8 Å². The molecular weight excluding hydrogens is 262 g/mol. The van der Waals surface area contributed by atoms with E-state index in [0.717, 1.165) is 13.0 Å². The molecule has 0 aliphatic rings. The molecule has 102 valence electrons. The van der Waals surface area contributed by atoms with Crippen LogP contribution in [-0.2, 0) is 10.8 Å². The molecule has 0 saturated carbocycles. The molecule has 4 heteroatoms. The molecule has 0 fully saturated rings. The standard InChI is InChI=1S/C14H23NOS2/c1-11(18(4)16)9-10-15-12(2)13-5-7-14(17-3)8-6-13/h5-8,11-12,15H,9-10H2,1-4H3. The lowest BCUT2D eigenvalue weighted by Gasteiger charge is -2.16. The van der Waals surface area contributed by atoms with Crippen LogP contribution in [-0.4, -0.2) is 28.5 Å². The molecule has 1 N–H and O–H groups in total. The van der Waals surface area contributed by atoms with Crippen LogP contribution in [0.1, 0.15) is 31.9 Å². The van der Waals surface area contributed by atoms with Gasteiger partial charge in [0.25, 0.3) is 0 Å². The summed E-state index contributed by atoms with van der Waals surface area (Å²) in [7, 11) is -0.717. The van der Waals surface area contributed by atoms with Crippen LogP contribution in [0.5, 0.6) is 0 Å². The van der Waals surface area contributed by atoms with E-state index in [1.54, 1.807) is 18.0 Å². The van der Waals surface area contributed by atoms with Gasteiger partial charge in [0, 0.05) is 33.2 Å². The summed E-state index contributed by atoms with van der Waals surface area (Å²) in [5.74, 6) is 0. The van der Waals surface area contributed by atoms with Crippen LogP contribution in [0.15, 0.2) is 29.2 Å². The maximum atomic E-state index is 11.2. The van der Waals surface area contributed by atoms with Crippen LogP contribution in [0.4, 0.5) is 0 Å². The van der Waals surface area contributed by atoms with Crippen molar-refractivity contribution in [2.45, 2.75) is 36.5 Å². The number of benzene rings is 1. The summed E-state index contributed by atoms with van der Waals surface area (Å²) in [5, 5.41) is 3.75. The van der Waals surface area contributed by atoms with Gasteiger partial charge >= 0.3 is 0 Å². The average Bonchev–Trinajstić information content (AvgIpc) is 2.38. The first-order valence-electron chi connectivity index (χ1n) is 6.24. The number of thioether (sulfide) groups is 1. The molecule has 0 saturated heterocycles. The molecule has 0 bridgehead atoms. The Morgan fingerprint density at radius 3 is 2.39 bits per heavy atom. The SMILES string of the molecule is CSc1ccc(C(C)NCCC(C)S(C)=O)cc1. The Labute approximate surface area is 117 Å². The van der Waals surface area contributed by atoms with Crippen molar-refractivity contribution in [3.8, 4) is 0 Å². The fraction of sp³-hybridized carbons (Fsp3) is 0.571. The minimum atomic E-state index is -0.717. The zero-order chi connectivity index (χ0) is 13.5. The molecule has 0 aliphatic heterocycles. The van der Waals surface area contributed by atoms with Crippen LogP contribution in [0.2, 0.25) is 0 Å². The number of nitrogens with one attached hydrogen (secondary N) is 1. The predicted molar refractivity (Wildman–Crippen MR) is 82.8 cm³/mol. The first-order chi connectivity index (χ1) is 8.54. The van der Waals surface area contributed by atoms with E-state index in [2.05, 4.69) is 42.8 Å². The lowest BCUT2D eigenvalue weighted by Crippen LogP contribution is -2.24. The summed E-state index contributed by atoms with van der Waals surface area (Å²) in [6.07, 6.45) is 4.81. The Bertz CT molecular complexity index is 378. The Balaban J connectivity index is 2.40. The largest absolute Gasteiger partial charge is 0.310 e. The van der Waals surface area contributed by atoms with E-state index in [-0.39, 0.29) is 5.25 Å². The van der Waals surface area contributed by atoms with Crippen molar-refractivity contribution >= 4 is 22.6 Å². The predicted octanol–water partition coefficient (Wildman–Crippen LogP) is 3.22. The average molecular weight is 285 g/mol. The Hall–Kier alpha value is -0.320. The van der Waals surface area contributed by atoms with Crippen molar-refractivity contribution < 1.29 is 4.21 Å². The maximum Gasteiger partial charge on any atom is 0.0329 e. The fourth-order valence-electron chi connectivity index (χ4n) is 1.68. The minimum Gasteiger partial charge on any atom is -0.310 e. The second-order valence-electron chi connectivity index (χ2n) is 4.55. The highest BCUT2D eigenvalue weighted by molar-refractivity contribution is 7.98. The molecule has 0 radical (unpaired) electrons. The van der Waals surface area contributed by atoms with Crippen molar-refractivity contribution in [1.29, 1.82) is 0 Å². The Morgan fingerprint density at radius 2 is 1.89 bits per heavy atom. The lowest BCUT2D eigenvalue weighted by molar-refractivity contribution is 0.553. The van der Waals surface area contributed by atoms with Gasteiger partial charge in [-0.3, -0.25) is 4.21 Å². The highest BCUT2D eigenvalue weighted by Gasteiger charge is 2.08. The van der Waals surface area contributed by atoms with Crippen LogP contribution in [0, 0.1) is 0 Å². The third-order valence-electron chi connectivity index (χ3n) is 3.18. The first-order valence-corrected chi connectivity index (χ1v) is 9.08. The summed E-state index contributed by atoms with van der Waals surface area (Å²) in [6.45, 7) is 5.11. The van der Waals surface area contributed by atoms with Gasteiger partial charge in [0.1, 0.15) is 0 Å². The second-order valence-corrected chi connectivity index (χ2v) is 7.23. The van der Waals surface area contributed by atoms with Gasteiger partial charge in [0.2, 0.25) is 0 Å². The highest BCUT2D eigenvalue weighted by Crippen LogP contribution is 2.18. The van der Waals surface area contributed by atoms with Crippen molar-refractivity contribution in [3.63, 3.8) is 0 Å². The third-order valence-corrected chi connectivity index (χ3v) is 5.30. The fourth-order valence-corrected chi connectivity index (χ4v) is 2.54. The molecular formula is C14H23NOS2. The molecule has 0 aromatic heterocycles. The van der Waals surface area contributed by atoms with Gasteiger partial charge in [-0.1, -0.05) is 19.1 Å². The number of rotatable bonds is 7. The smallest absolute Gasteiger partial charge is 0.0329 e. The molecule has 3 atom stereocenters. The van der Waals surface area contributed by atoms with E-state index in [0.29, 0.717) is 6.04 Å². The monoisotopic (exact) mass is 285 g/mol. The molecule has 1 rings (SSSR count). The Kier molecular flexibility index (Phi) is 6.97. The Morgan fingerprint density at radius 1 is 1.28 bits per heavy atom. The molecule has 1 aromatic rings. The van der Waals surface area contributed by atoms with E-state index in [1.165, 1.54) is 10.5 Å². The molecule has 18 heavy (non-hydrogen) atoms. The molecule has 0 spiro atoms. The van der Waals surface area contributed by atoms with Crippen LogP contribution in [0.3, 0.4) is 0 Å². The van der Waals surface area contributed by atoms with Crippen molar-refractivity contribution in [3.05, 3.63) is 29.8 Å². The van der Waals surface area contributed by atoms with Gasteiger partial charge in [0.15, 0.2) is 0 Å². The van der Waals surface area contributed by atoms with Gasteiger partial charge < -0.3 is 5.32 Å². The van der Waals surface area contributed by atoms with E-state index < -0.39 is 10.8 Å². The zero-order valence-corrected chi connectivity index (χ0v) is 13.2. The summed E-state index contributed by atoms with van der Waals surface area (Å²) in [4.78, 5) is 1.29. The topological polar surface area (TPSA) is 29.1 Å². The number of hydrogen-bond donors (Lipinski definition) is 1. The van der Waals surface area contributed by atoms with Crippen LogP contribution in [0.25, 0.3) is 0 Å². The molecule has 0 amide bonds. The third kappa shape index (κ3) is 5.12. The zero-order valence-electron chi connectivity index (χ0n) is 11.6. The quantitative estimate of drug-likeness (QED) is 0.780. The molecule has 1 aromatic carbocycles. The summed E-state index contributed by atoms with van der Waals surface area (Å²) >= 11 is 1.76. The molecule has 0 heterocycles. The normalized spacial score (nSPS) is 16.2. The van der Waals surface area contributed by atoms with Gasteiger partial charge in [0.05, 0.1) is 0 Å². The van der Waals surface area contributed by atoms with Gasteiger partial charge in [-0.25, -0.2) is 0 Å². The maximum absolute atomic E-state index is 11.2. The highest BCUT2D eigenvalue weighted by atomic mass is 32.2. The van der Waals surface area contributed by atoms with E-state index in [4.69, 9.17) is 0 Å². The van der Waals surface area contributed by atoms with Gasteiger partial charge in [-0.2, -0.15) is 0 Å². The molecule has 2 nitrogen and oxygen atoms in total. The summed E-state index contributed by atoms with van der Waals surface area (Å²) in [6, 6.07) is 9.00. The molecule has 3 unspecified atom stereocenters. The van der Waals surface area contributed by atoms with Crippen LogP contribution < -0.4 is 5.32 Å². The number of hydrogen-bond acceptors (Lipinski definition) is 3. The van der Waals surface area contributed by atoms with E-state index in [9.17, 15) is 4.21 Å². The van der Waals surface area contributed by atoms with Crippen molar-refractivity contribution in [1.82, 2.24) is 5.32 Å². The van der Waals surface area contributed by atoms with Crippen molar-refractivity contribution in [2.75, 3.05) is 19.1 Å². The summed E-state index contributed by atoms with van der Waals surface area (Å²) < 4.78 is 11.2. The first kappa shape index (κ1) is 15.7. The summed E-state index contributed by atoms with van der Waals surface area (Å²) in [5.41, 5.74) is 1.30.